The van der Waals surface area contributed by atoms with E-state index in [0.717, 1.165) is 16.2 Å². The minimum absolute atomic E-state index is 0.0480. The largest absolute Gasteiger partial charge is 0.272 e. The van der Waals surface area contributed by atoms with Crippen molar-refractivity contribution in [2.75, 3.05) is 5.75 Å². The lowest BCUT2D eigenvalue weighted by Gasteiger charge is -2.13. The lowest BCUT2D eigenvalue weighted by molar-refractivity contribution is -0.384. The summed E-state index contributed by atoms with van der Waals surface area (Å²) in [5.41, 5.74) is 3.71. The summed E-state index contributed by atoms with van der Waals surface area (Å²) in [6.45, 7) is 0. The molecule has 0 fully saturated rings. The molecule has 4 aromatic rings. The number of para-hydroxylation sites is 1. The number of carbonyl (C=O) groups excluding carboxylic acids is 1. The predicted molar refractivity (Wildman–Crippen MR) is 135 cm³/mol. The van der Waals surface area contributed by atoms with Crippen LogP contribution in [-0.2, 0) is 4.79 Å². The van der Waals surface area contributed by atoms with E-state index in [2.05, 4.69) is 31.4 Å². The molecule has 0 aliphatic heterocycles. The highest BCUT2D eigenvalue weighted by Crippen LogP contribution is 2.22. The molecule has 0 saturated heterocycles. The van der Waals surface area contributed by atoms with Crippen LogP contribution < -0.4 is 11.0 Å². The van der Waals surface area contributed by atoms with Crippen LogP contribution in [0.4, 0.5) is 5.69 Å². The summed E-state index contributed by atoms with van der Waals surface area (Å²) in [6.07, 6.45) is 1.32. The van der Waals surface area contributed by atoms with E-state index in [1.165, 1.54) is 29.0 Å². The molecule has 11 heteroatoms. The lowest BCUT2D eigenvalue weighted by Crippen LogP contribution is -2.24. The number of halogens is 1. The second-order valence-electron chi connectivity index (χ2n) is 6.96. The number of nitrogens with zero attached hydrogens (tertiary/aromatic N) is 4. The van der Waals surface area contributed by atoms with E-state index in [4.69, 9.17) is 0 Å². The summed E-state index contributed by atoms with van der Waals surface area (Å²) in [4.78, 5) is 40.5. The molecule has 0 bridgehead atoms. The van der Waals surface area contributed by atoms with Gasteiger partial charge in [0.1, 0.15) is 0 Å². The first-order valence-corrected chi connectivity index (χ1v) is 11.7. The summed E-state index contributed by atoms with van der Waals surface area (Å²) < 4.78 is 2.34. The van der Waals surface area contributed by atoms with Crippen LogP contribution in [0.15, 0.2) is 92.3 Å². The van der Waals surface area contributed by atoms with Crippen molar-refractivity contribution in [1.82, 2.24) is 15.0 Å². The van der Waals surface area contributed by atoms with Crippen molar-refractivity contribution in [2.45, 2.75) is 5.16 Å². The molecule has 0 radical (unpaired) electrons. The number of nitro groups is 1. The van der Waals surface area contributed by atoms with Gasteiger partial charge in [-0.25, -0.2) is 10.4 Å². The standard InChI is InChI=1S/C23H16BrN5O4S/c24-16-8-10-17(11-9-16)28-22(31)19-6-1-2-7-20(19)26-23(28)34-14-21(30)27-25-13-15-4-3-5-18(12-15)29(32)33/h1-13H,14H2,(H,27,30)/b25-13+. The zero-order valence-electron chi connectivity index (χ0n) is 17.4. The van der Waals surface area contributed by atoms with Crippen molar-refractivity contribution < 1.29 is 9.72 Å². The Morgan fingerprint density at radius 1 is 1.15 bits per heavy atom. The number of hydrogen-bond donors (Lipinski definition) is 1. The molecule has 0 aliphatic rings. The third-order valence-corrected chi connectivity index (χ3v) is 6.11. The highest BCUT2D eigenvalue weighted by Gasteiger charge is 2.14. The summed E-state index contributed by atoms with van der Waals surface area (Å²) >= 11 is 4.49. The van der Waals surface area contributed by atoms with E-state index in [0.29, 0.717) is 27.3 Å². The van der Waals surface area contributed by atoms with Crippen LogP contribution in [0.2, 0.25) is 0 Å². The number of fused-ring (bicyclic) bond motifs is 1. The highest BCUT2D eigenvalue weighted by atomic mass is 79.9. The van der Waals surface area contributed by atoms with Crippen LogP contribution in [0, 0.1) is 10.1 Å². The fourth-order valence-corrected chi connectivity index (χ4v) is 4.16. The van der Waals surface area contributed by atoms with Gasteiger partial charge in [0.15, 0.2) is 5.16 Å². The second kappa shape index (κ2) is 10.4. The molecule has 9 nitrogen and oxygen atoms in total. The molecule has 0 aliphatic carbocycles. The average Bonchev–Trinajstić information content (AvgIpc) is 2.84. The molecule has 1 aromatic heterocycles. The quantitative estimate of drug-likeness (QED) is 0.123. The van der Waals surface area contributed by atoms with Gasteiger partial charge in [0.25, 0.3) is 17.2 Å². The van der Waals surface area contributed by atoms with Crippen LogP contribution in [0.5, 0.6) is 0 Å². The third-order valence-electron chi connectivity index (χ3n) is 4.65. The van der Waals surface area contributed by atoms with Crippen molar-refractivity contribution >= 4 is 56.4 Å². The molecule has 1 N–H and O–H groups in total. The number of hydrazone groups is 1. The molecular formula is C23H16BrN5O4S. The van der Waals surface area contributed by atoms with Gasteiger partial charge in [0.05, 0.1) is 33.5 Å². The monoisotopic (exact) mass is 537 g/mol. The number of hydrogen-bond acceptors (Lipinski definition) is 7. The van der Waals surface area contributed by atoms with Crippen LogP contribution in [0.25, 0.3) is 16.6 Å². The van der Waals surface area contributed by atoms with E-state index in [-0.39, 0.29) is 17.0 Å². The Morgan fingerprint density at radius 3 is 2.68 bits per heavy atom. The number of thioether (sulfide) groups is 1. The normalized spacial score (nSPS) is 11.1. The number of carbonyl (C=O) groups is 1. The summed E-state index contributed by atoms with van der Waals surface area (Å²) in [5.74, 6) is -0.468. The number of rotatable bonds is 7. The minimum atomic E-state index is -0.506. The summed E-state index contributed by atoms with van der Waals surface area (Å²) in [7, 11) is 0. The molecule has 170 valence electrons. The number of benzene rings is 3. The van der Waals surface area contributed by atoms with E-state index in [1.54, 1.807) is 42.5 Å². The van der Waals surface area contributed by atoms with E-state index < -0.39 is 10.8 Å². The maximum atomic E-state index is 13.2. The number of non-ortho nitro benzene ring substituents is 1. The third kappa shape index (κ3) is 5.38. The lowest BCUT2D eigenvalue weighted by atomic mass is 10.2. The molecule has 3 aromatic carbocycles. The van der Waals surface area contributed by atoms with Crippen LogP contribution >= 0.6 is 27.7 Å². The average molecular weight is 538 g/mol. The van der Waals surface area contributed by atoms with Gasteiger partial charge in [-0.3, -0.25) is 24.3 Å². The first-order valence-electron chi connectivity index (χ1n) is 9.89. The summed E-state index contributed by atoms with van der Waals surface area (Å²) in [5, 5.41) is 15.6. The number of nitrogens with one attached hydrogen (secondary N) is 1. The zero-order chi connectivity index (χ0) is 24.1. The number of amides is 1. The van der Waals surface area contributed by atoms with Gasteiger partial charge in [-0.1, -0.05) is 52.0 Å². The van der Waals surface area contributed by atoms with Gasteiger partial charge in [0.2, 0.25) is 0 Å². The van der Waals surface area contributed by atoms with Crippen LogP contribution in [0.1, 0.15) is 5.56 Å². The van der Waals surface area contributed by atoms with Crippen molar-refractivity contribution in [3.05, 3.63) is 103 Å². The predicted octanol–water partition coefficient (Wildman–Crippen LogP) is 4.30. The van der Waals surface area contributed by atoms with Gasteiger partial charge < -0.3 is 0 Å². The van der Waals surface area contributed by atoms with Crippen molar-refractivity contribution in [3.63, 3.8) is 0 Å². The molecule has 0 spiro atoms. The fourth-order valence-electron chi connectivity index (χ4n) is 3.09. The van der Waals surface area contributed by atoms with Crippen LogP contribution in [0.3, 0.4) is 0 Å². The summed E-state index contributed by atoms with van der Waals surface area (Å²) in [6, 6.07) is 20.1. The molecule has 1 heterocycles. The fraction of sp³-hybridized carbons (Fsp3) is 0.0435. The van der Waals surface area contributed by atoms with Gasteiger partial charge in [-0.05, 0) is 36.4 Å². The highest BCUT2D eigenvalue weighted by molar-refractivity contribution is 9.10. The first kappa shape index (κ1) is 23.3. The van der Waals surface area contributed by atoms with E-state index >= 15 is 0 Å². The van der Waals surface area contributed by atoms with Gasteiger partial charge in [-0.2, -0.15) is 5.10 Å². The Hall–Kier alpha value is -3.83. The Morgan fingerprint density at radius 2 is 1.91 bits per heavy atom. The van der Waals surface area contributed by atoms with Gasteiger partial charge in [0, 0.05) is 22.2 Å². The molecule has 0 saturated carbocycles. The second-order valence-corrected chi connectivity index (χ2v) is 8.82. The molecule has 0 atom stereocenters. The minimum Gasteiger partial charge on any atom is -0.272 e. The molecule has 34 heavy (non-hydrogen) atoms. The van der Waals surface area contributed by atoms with Gasteiger partial charge >= 0.3 is 0 Å². The Balaban J connectivity index is 1.53. The SMILES string of the molecule is O=C(CSc1nc2ccccc2c(=O)n1-c1ccc(Br)cc1)N/N=C/c1cccc([N+](=O)[O-])c1. The molecule has 1 amide bonds. The van der Waals surface area contributed by atoms with Gasteiger partial charge in [-0.15, -0.1) is 0 Å². The maximum Gasteiger partial charge on any atom is 0.270 e. The van der Waals surface area contributed by atoms with Crippen LogP contribution in [-0.4, -0.2) is 32.3 Å². The van der Waals surface area contributed by atoms with E-state index in [1.807, 2.05) is 12.1 Å². The topological polar surface area (TPSA) is 119 Å². The Labute approximate surface area is 205 Å². The Kier molecular flexibility index (Phi) is 7.14. The zero-order valence-corrected chi connectivity index (χ0v) is 19.8. The van der Waals surface area contributed by atoms with Crippen molar-refractivity contribution in [1.29, 1.82) is 0 Å². The molecule has 0 unspecified atom stereocenters. The van der Waals surface area contributed by atoms with Crippen molar-refractivity contribution in [3.8, 4) is 5.69 Å². The first-order chi connectivity index (χ1) is 16.4. The molecule has 4 rings (SSSR count). The number of aromatic nitrogens is 2. The molecular weight excluding hydrogens is 522 g/mol. The Bertz CT molecular complexity index is 1470. The van der Waals surface area contributed by atoms with Crippen molar-refractivity contribution in [2.24, 2.45) is 5.10 Å². The smallest absolute Gasteiger partial charge is 0.270 e. The van der Waals surface area contributed by atoms with E-state index in [9.17, 15) is 19.7 Å². The number of nitro benzene ring substituents is 1. The maximum absolute atomic E-state index is 13.2.